The highest BCUT2D eigenvalue weighted by Gasteiger charge is 2.03. The molecule has 0 radical (unpaired) electrons. The number of hydrogen-bond acceptors (Lipinski definition) is 2. The van der Waals surface area contributed by atoms with E-state index in [4.69, 9.17) is 20.8 Å². The Hall–Kier alpha value is -2.19. The Morgan fingerprint density at radius 2 is 1.63 bits per heavy atom. The van der Waals surface area contributed by atoms with Crippen LogP contribution in [0.4, 0.5) is 0 Å². The Balaban J connectivity index is 1.82. The summed E-state index contributed by atoms with van der Waals surface area (Å²) in [5.74, 6) is 2.22. The molecule has 0 unspecified atom stereocenters. The third-order valence-electron chi connectivity index (χ3n) is 2.72. The Kier molecular flexibility index (Phi) is 3.25. The fraction of sp³-hybridized carbons (Fsp3) is 0. The van der Waals surface area contributed by atoms with Gasteiger partial charge >= 0.3 is 0 Å². The molecule has 94 valence electrons. The maximum absolute atomic E-state index is 6.05. The summed E-state index contributed by atoms with van der Waals surface area (Å²) in [7, 11) is 0. The van der Waals surface area contributed by atoms with Gasteiger partial charge in [0.25, 0.3) is 0 Å². The molecule has 0 saturated carbocycles. The van der Waals surface area contributed by atoms with E-state index in [1.807, 2.05) is 54.6 Å². The van der Waals surface area contributed by atoms with Gasteiger partial charge in [-0.05, 0) is 48.5 Å². The van der Waals surface area contributed by atoms with Crippen molar-refractivity contribution in [2.75, 3.05) is 0 Å². The summed E-state index contributed by atoms with van der Waals surface area (Å²) in [5.41, 5.74) is 1.01. The minimum atomic E-state index is 0.595. The Labute approximate surface area is 116 Å². The topological polar surface area (TPSA) is 22.4 Å². The molecular weight excluding hydrogens is 260 g/mol. The van der Waals surface area contributed by atoms with E-state index >= 15 is 0 Å². The van der Waals surface area contributed by atoms with Crippen LogP contribution >= 0.6 is 11.6 Å². The molecule has 0 aliphatic rings. The fourth-order valence-corrected chi connectivity index (χ4v) is 1.96. The third kappa shape index (κ3) is 2.64. The number of furan rings is 1. The minimum absolute atomic E-state index is 0.595. The molecule has 0 amide bonds. The average Bonchev–Trinajstić information content (AvgIpc) is 2.96. The first-order valence-electron chi connectivity index (χ1n) is 5.89. The van der Waals surface area contributed by atoms with Crippen molar-refractivity contribution < 1.29 is 9.15 Å². The first kappa shape index (κ1) is 11.9. The monoisotopic (exact) mass is 270 g/mol. The Morgan fingerprint density at radius 1 is 0.842 bits per heavy atom. The predicted octanol–water partition coefficient (Wildman–Crippen LogP) is 5.39. The lowest BCUT2D eigenvalue weighted by molar-refractivity contribution is 0.483. The molecule has 0 bridgehead atoms. The maximum Gasteiger partial charge on any atom is 0.146 e. The van der Waals surface area contributed by atoms with Gasteiger partial charge in [0.2, 0.25) is 0 Å². The molecule has 3 rings (SSSR count). The molecule has 2 aromatic carbocycles. The van der Waals surface area contributed by atoms with Crippen molar-refractivity contribution >= 4 is 11.6 Å². The summed E-state index contributed by atoms with van der Waals surface area (Å²) in [5, 5.41) is 0.595. The Morgan fingerprint density at radius 3 is 2.32 bits per heavy atom. The van der Waals surface area contributed by atoms with E-state index in [1.54, 1.807) is 12.3 Å². The van der Waals surface area contributed by atoms with Crippen LogP contribution in [0.15, 0.2) is 71.3 Å². The number of rotatable bonds is 3. The van der Waals surface area contributed by atoms with Crippen molar-refractivity contribution in [3.63, 3.8) is 0 Å². The van der Waals surface area contributed by atoms with Crippen molar-refractivity contribution in [3.8, 4) is 22.8 Å². The quantitative estimate of drug-likeness (QED) is 0.636. The molecular formula is C16H11ClO2. The molecule has 19 heavy (non-hydrogen) atoms. The van der Waals surface area contributed by atoms with Crippen LogP contribution in [-0.4, -0.2) is 0 Å². The van der Waals surface area contributed by atoms with E-state index in [2.05, 4.69) is 0 Å². The zero-order valence-corrected chi connectivity index (χ0v) is 10.8. The van der Waals surface area contributed by atoms with Crippen LogP contribution < -0.4 is 4.74 Å². The summed E-state index contributed by atoms with van der Waals surface area (Å²) in [6.45, 7) is 0. The van der Waals surface area contributed by atoms with Crippen LogP contribution in [-0.2, 0) is 0 Å². The second-order valence-electron chi connectivity index (χ2n) is 4.03. The third-order valence-corrected chi connectivity index (χ3v) is 3.04. The van der Waals surface area contributed by atoms with Gasteiger partial charge in [0.05, 0.1) is 11.3 Å². The van der Waals surface area contributed by atoms with Gasteiger partial charge in [-0.3, -0.25) is 0 Å². The molecule has 0 fully saturated rings. The molecule has 3 aromatic rings. The lowest BCUT2D eigenvalue weighted by Gasteiger charge is -2.07. The zero-order valence-electron chi connectivity index (χ0n) is 10.0. The molecule has 2 nitrogen and oxygen atoms in total. The van der Waals surface area contributed by atoms with Gasteiger partial charge in [-0.25, -0.2) is 0 Å². The molecule has 1 heterocycles. The van der Waals surface area contributed by atoms with Crippen molar-refractivity contribution in [1.82, 2.24) is 0 Å². The van der Waals surface area contributed by atoms with Crippen molar-refractivity contribution in [2.24, 2.45) is 0 Å². The number of hydrogen-bond donors (Lipinski definition) is 0. The van der Waals surface area contributed by atoms with E-state index < -0.39 is 0 Å². The fourth-order valence-electron chi connectivity index (χ4n) is 1.78. The van der Waals surface area contributed by atoms with E-state index in [0.29, 0.717) is 10.8 Å². The molecule has 1 aromatic heterocycles. The summed E-state index contributed by atoms with van der Waals surface area (Å²) in [6, 6.07) is 18.9. The second-order valence-corrected chi connectivity index (χ2v) is 4.44. The Bertz CT molecular complexity index is 657. The van der Waals surface area contributed by atoms with Crippen molar-refractivity contribution in [3.05, 3.63) is 71.9 Å². The first-order chi connectivity index (χ1) is 9.33. The van der Waals surface area contributed by atoms with E-state index in [-0.39, 0.29) is 0 Å². The first-order valence-corrected chi connectivity index (χ1v) is 6.27. The number of para-hydroxylation sites is 1. The standard InChI is InChI=1S/C16H11ClO2/c17-14-4-1-2-5-16(14)19-13-9-7-12(8-10-13)15-6-3-11-18-15/h1-11H. The zero-order chi connectivity index (χ0) is 13.1. The van der Waals surface area contributed by atoms with E-state index in [9.17, 15) is 0 Å². The molecule has 3 heteroatoms. The van der Waals surface area contributed by atoms with Gasteiger partial charge in [-0.1, -0.05) is 23.7 Å². The molecule has 0 spiro atoms. The van der Waals surface area contributed by atoms with Crippen LogP contribution in [0.1, 0.15) is 0 Å². The lowest BCUT2D eigenvalue weighted by atomic mass is 10.2. The van der Waals surface area contributed by atoms with Gasteiger partial charge in [0, 0.05) is 5.56 Å². The maximum atomic E-state index is 6.05. The van der Waals surface area contributed by atoms with E-state index in [0.717, 1.165) is 17.1 Å². The number of ether oxygens (including phenoxy) is 1. The predicted molar refractivity (Wildman–Crippen MR) is 75.7 cm³/mol. The molecule has 0 atom stereocenters. The van der Waals surface area contributed by atoms with Crippen LogP contribution in [0.2, 0.25) is 5.02 Å². The second kappa shape index (κ2) is 5.21. The van der Waals surface area contributed by atoms with Crippen LogP contribution in [0, 0.1) is 0 Å². The minimum Gasteiger partial charge on any atom is -0.464 e. The lowest BCUT2D eigenvalue weighted by Crippen LogP contribution is -1.84. The molecule has 0 N–H and O–H groups in total. The van der Waals surface area contributed by atoms with Crippen LogP contribution in [0.3, 0.4) is 0 Å². The summed E-state index contributed by atoms with van der Waals surface area (Å²) >= 11 is 6.05. The van der Waals surface area contributed by atoms with Crippen molar-refractivity contribution in [1.29, 1.82) is 0 Å². The smallest absolute Gasteiger partial charge is 0.146 e. The van der Waals surface area contributed by atoms with Gasteiger partial charge in [0.1, 0.15) is 17.3 Å². The summed E-state index contributed by atoms with van der Waals surface area (Å²) in [6.07, 6.45) is 1.66. The number of halogens is 1. The van der Waals surface area contributed by atoms with Crippen LogP contribution in [0.5, 0.6) is 11.5 Å². The average molecular weight is 271 g/mol. The highest BCUT2D eigenvalue weighted by molar-refractivity contribution is 6.32. The van der Waals surface area contributed by atoms with Crippen molar-refractivity contribution in [2.45, 2.75) is 0 Å². The highest BCUT2D eigenvalue weighted by Crippen LogP contribution is 2.30. The van der Waals surface area contributed by atoms with Crippen LogP contribution in [0.25, 0.3) is 11.3 Å². The summed E-state index contributed by atoms with van der Waals surface area (Å²) < 4.78 is 11.1. The van der Waals surface area contributed by atoms with Gasteiger partial charge < -0.3 is 9.15 Å². The normalized spacial score (nSPS) is 10.4. The van der Waals surface area contributed by atoms with Gasteiger partial charge in [0.15, 0.2) is 0 Å². The summed E-state index contributed by atoms with van der Waals surface area (Å²) in [4.78, 5) is 0. The van der Waals surface area contributed by atoms with E-state index in [1.165, 1.54) is 0 Å². The molecule has 0 aliphatic carbocycles. The molecule has 0 aliphatic heterocycles. The highest BCUT2D eigenvalue weighted by atomic mass is 35.5. The number of benzene rings is 2. The van der Waals surface area contributed by atoms with Gasteiger partial charge in [-0.15, -0.1) is 0 Å². The largest absolute Gasteiger partial charge is 0.464 e. The molecule has 0 saturated heterocycles. The SMILES string of the molecule is Clc1ccccc1Oc1ccc(-c2ccco2)cc1. The van der Waals surface area contributed by atoms with Gasteiger partial charge in [-0.2, -0.15) is 0 Å².